The molecular formula is C20H21N7O2. The largest absolute Gasteiger partial charge is 0.357 e. The van der Waals surface area contributed by atoms with Gasteiger partial charge in [-0.2, -0.15) is 4.98 Å². The third-order valence-electron chi connectivity index (χ3n) is 5.73. The van der Waals surface area contributed by atoms with Crippen molar-refractivity contribution in [1.29, 1.82) is 0 Å². The van der Waals surface area contributed by atoms with Crippen LogP contribution in [0.3, 0.4) is 0 Å². The normalized spacial score (nSPS) is 18.6. The van der Waals surface area contributed by atoms with Gasteiger partial charge in [0.1, 0.15) is 11.4 Å². The summed E-state index contributed by atoms with van der Waals surface area (Å²) >= 11 is 0. The summed E-state index contributed by atoms with van der Waals surface area (Å²) in [5.41, 5.74) is 1.44. The van der Waals surface area contributed by atoms with Crippen LogP contribution in [0.4, 0.5) is 17.5 Å². The lowest BCUT2D eigenvalue weighted by Gasteiger charge is -2.27. The average Bonchev–Trinajstić information content (AvgIpc) is 3.17. The van der Waals surface area contributed by atoms with Crippen LogP contribution in [0.2, 0.25) is 0 Å². The molecule has 148 valence electrons. The Morgan fingerprint density at radius 1 is 1.21 bits per heavy atom. The molecule has 0 radical (unpaired) electrons. The number of nitrogens with one attached hydrogen (secondary N) is 1. The molecule has 1 fully saturated rings. The first-order valence-electron chi connectivity index (χ1n) is 9.66. The number of carbonyl (C=O) groups excluding carboxylic acids is 1. The van der Waals surface area contributed by atoms with Crippen LogP contribution in [0.5, 0.6) is 0 Å². The van der Waals surface area contributed by atoms with Crippen molar-refractivity contribution >= 4 is 34.3 Å². The molecule has 0 aliphatic carbocycles. The summed E-state index contributed by atoms with van der Waals surface area (Å²) < 4.78 is 1.44. The maximum absolute atomic E-state index is 13.6. The molecule has 5 rings (SSSR count). The van der Waals surface area contributed by atoms with Gasteiger partial charge in [0.15, 0.2) is 0 Å². The zero-order valence-corrected chi connectivity index (χ0v) is 16.3. The minimum atomic E-state index is -0.199. The van der Waals surface area contributed by atoms with Crippen molar-refractivity contribution < 1.29 is 4.79 Å². The lowest BCUT2D eigenvalue weighted by Crippen LogP contribution is -2.40. The first kappa shape index (κ1) is 17.6. The molecule has 9 heteroatoms. The third kappa shape index (κ3) is 2.65. The van der Waals surface area contributed by atoms with Gasteiger partial charge in [-0.15, -0.1) is 0 Å². The highest BCUT2D eigenvalue weighted by molar-refractivity contribution is 6.13. The Morgan fingerprint density at radius 2 is 2.07 bits per heavy atom. The molecule has 1 aromatic carbocycles. The van der Waals surface area contributed by atoms with Gasteiger partial charge in [0.25, 0.3) is 11.5 Å². The molecule has 0 bridgehead atoms. The standard InChI is InChI=1S/C20H21N7O2/c1-21-20-22-9-13-17(24-20)26-8-4-5-12(26)10-27(18(13)28)15-7-3-6-14-16(15)19(29)25(2)11-23-14/h3,6-7,9,11-12H,4-5,8,10H2,1-2H3,(H,21,22,24)/t12-/m0/s1. The maximum Gasteiger partial charge on any atom is 0.263 e. The Bertz CT molecular complexity index is 1190. The molecule has 1 saturated heterocycles. The second-order valence-electron chi connectivity index (χ2n) is 7.42. The van der Waals surface area contributed by atoms with Crippen LogP contribution >= 0.6 is 0 Å². The van der Waals surface area contributed by atoms with Crippen molar-refractivity contribution in [3.8, 4) is 0 Å². The van der Waals surface area contributed by atoms with Gasteiger partial charge < -0.3 is 19.7 Å². The number of aryl methyl sites for hydroxylation is 1. The predicted molar refractivity (Wildman–Crippen MR) is 111 cm³/mol. The molecule has 1 atom stereocenters. The Labute approximate surface area is 167 Å². The van der Waals surface area contributed by atoms with Gasteiger partial charge in [0.2, 0.25) is 5.95 Å². The maximum atomic E-state index is 13.6. The van der Waals surface area contributed by atoms with Crippen LogP contribution in [0.25, 0.3) is 10.9 Å². The zero-order chi connectivity index (χ0) is 20.1. The lowest BCUT2D eigenvalue weighted by atomic mass is 10.1. The minimum Gasteiger partial charge on any atom is -0.357 e. The van der Waals surface area contributed by atoms with Crippen molar-refractivity contribution in [3.63, 3.8) is 0 Å². The highest BCUT2D eigenvalue weighted by Crippen LogP contribution is 2.35. The van der Waals surface area contributed by atoms with Gasteiger partial charge in [-0.3, -0.25) is 9.59 Å². The second-order valence-corrected chi connectivity index (χ2v) is 7.42. The molecule has 2 aliphatic rings. The first-order valence-corrected chi connectivity index (χ1v) is 9.66. The van der Waals surface area contributed by atoms with Gasteiger partial charge in [-0.25, -0.2) is 9.97 Å². The first-order chi connectivity index (χ1) is 14.1. The number of hydrogen-bond donors (Lipinski definition) is 1. The third-order valence-corrected chi connectivity index (χ3v) is 5.73. The van der Waals surface area contributed by atoms with Crippen LogP contribution in [-0.4, -0.2) is 51.6 Å². The average molecular weight is 391 g/mol. The zero-order valence-electron chi connectivity index (χ0n) is 16.3. The minimum absolute atomic E-state index is 0.135. The van der Waals surface area contributed by atoms with E-state index in [0.29, 0.717) is 40.5 Å². The molecular weight excluding hydrogens is 370 g/mol. The molecule has 0 saturated carbocycles. The van der Waals surface area contributed by atoms with E-state index in [9.17, 15) is 9.59 Å². The van der Waals surface area contributed by atoms with Crippen LogP contribution in [0.1, 0.15) is 23.2 Å². The molecule has 9 nitrogen and oxygen atoms in total. The van der Waals surface area contributed by atoms with Crippen LogP contribution in [-0.2, 0) is 7.05 Å². The predicted octanol–water partition coefficient (Wildman–Crippen LogP) is 1.39. The van der Waals surface area contributed by atoms with Crippen molar-refractivity contribution in [2.24, 2.45) is 7.05 Å². The summed E-state index contributed by atoms with van der Waals surface area (Å²) in [4.78, 5) is 43.6. The van der Waals surface area contributed by atoms with E-state index in [1.165, 1.54) is 10.9 Å². The van der Waals surface area contributed by atoms with Gasteiger partial charge in [-0.05, 0) is 25.0 Å². The highest BCUT2D eigenvalue weighted by atomic mass is 16.2. The molecule has 4 heterocycles. The lowest BCUT2D eigenvalue weighted by molar-refractivity contribution is 0.0988. The summed E-state index contributed by atoms with van der Waals surface area (Å²) in [7, 11) is 3.42. The van der Waals surface area contributed by atoms with Gasteiger partial charge >= 0.3 is 0 Å². The number of nitrogens with zero attached hydrogens (tertiary/aromatic N) is 6. The number of rotatable bonds is 2. The molecule has 0 unspecified atom stereocenters. The van der Waals surface area contributed by atoms with Crippen molar-refractivity contribution in [2.75, 3.05) is 35.3 Å². The summed E-state index contributed by atoms with van der Waals surface area (Å²) in [6, 6.07) is 5.57. The fraction of sp³-hybridized carbons (Fsp3) is 0.350. The number of anilines is 3. The van der Waals surface area contributed by atoms with Crippen LogP contribution in [0.15, 0.2) is 35.5 Å². The molecule has 29 heavy (non-hydrogen) atoms. The van der Waals surface area contributed by atoms with E-state index in [0.717, 1.165) is 19.4 Å². The second kappa shape index (κ2) is 6.54. The van der Waals surface area contributed by atoms with Crippen LogP contribution < -0.4 is 20.7 Å². The van der Waals surface area contributed by atoms with Gasteiger partial charge in [-0.1, -0.05) is 6.07 Å². The number of aromatic nitrogens is 4. The van der Waals surface area contributed by atoms with E-state index < -0.39 is 0 Å². The molecule has 1 N–H and O–H groups in total. The number of carbonyl (C=O) groups is 1. The monoisotopic (exact) mass is 391 g/mol. The quantitative estimate of drug-likeness (QED) is 0.705. The summed E-state index contributed by atoms with van der Waals surface area (Å²) in [5.74, 6) is 0.944. The summed E-state index contributed by atoms with van der Waals surface area (Å²) in [6.45, 7) is 1.33. The van der Waals surface area contributed by atoms with Crippen molar-refractivity contribution in [3.05, 3.63) is 46.6 Å². The fourth-order valence-electron chi connectivity index (χ4n) is 4.27. The van der Waals surface area contributed by atoms with Crippen molar-refractivity contribution in [1.82, 2.24) is 19.5 Å². The number of amides is 1. The topological polar surface area (TPSA) is 96.2 Å². The van der Waals surface area contributed by atoms with E-state index in [1.807, 2.05) is 12.1 Å². The molecule has 0 spiro atoms. The Hall–Kier alpha value is -3.49. The number of fused-ring (bicyclic) bond motifs is 4. The Kier molecular flexibility index (Phi) is 3.97. The summed E-state index contributed by atoms with van der Waals surface area (Å²) in [6.07, 6.45) is 5.07. The Morgan fingerprint density at radius 3 is 2.90 bits per heavy atom. The van der Waals surface area contributed by atoms with E-state index in [-0.39, 0.29) is 17.5 Å². The van der Waals surface area contributed by atoms with E-state index in [1.54, 1.807) is 31.3 Å². The molecule has 3 aromatic rings. The van der Waals surface area contributed by atoms with Gasteiger partial charge in [0, 0.05) is 39.4 Å². The van der Waals surface area contributed by atoms with Gasteiger partial charge in [0.05, 0.1) is 22.9 Å². The highest BCUT2D eigenvalue weighted by Gasteiger charge is 2.38. The summed E-state index contributed by atoms with van der Waals surface area (Å²) in [5, 5.41) is 3.40. The van der Waals surface area contributed by atoms with Crippen LogP contribution in [0, 0.1) is 0 Å². The van der Waals surface area contributed by atoms with E-state index in [4.69, 9.17) is 0 Å². The smallest absolute Gasteiger partial charge is 0.263 e. The van der Waals surface area contributed by atoms with E-state index >= 15 is 0 Å². The fourth-order valence-corrected chi connectivity index (χ4v) is 4.27. The Balaban J connectivity index is 1.73. The van der Waals surface area contributed by atoms with E-state index in [2.05, 4.69) is 25.2 Å². The molecule has 2 aliphatic heterocycles. The SMILES string of the molecule is CNc1ncc2c(n1)N1CCC[C@H]1CN(c1cccc3ncn(C)c(=O)c13)C2=O. The molecule has 2 aromatic heterocycles. The number of hydrogen-bond acceptors (Lipinski definition) is 7. The number of benzene rings is 1. The molecule has 1 amide bonds. The van der Waals surface area contributed by atoms with Crippen molar-refractivity contribution in [2.45, 2.75) is 18.9 Å².